The Kier molecular flexibility index (Phi) is 6.10. The molecule has 1 aromatic carbocycles. The fourth-order valence-corrected chi connectivity index (χ4v) is 2.11. The fourth-order valence-electron chi connectivity index (χ4n) is 1.58. The Morgan fingerprint density at radius 1 is 1.57 bits per heavy atom. The number of amides is 1. The van der Waals surface area contributed by atoms with Crippen molar-refractivity contribution in [1.82, 2.24) is 5.32 Å². The van der Waals surface area contributed by atoms with Crippen LogP contribution in [0.4, 0.5) is 5.69 Å². The zero-order chi connectivity index (χ0) is 16.0. The first-order chi connectivity index (χ1) is 9.81. The Balaban J connectivity index is 2.88. The number of nitro groups is 1. The van der Waals surface area contributed by atoms with E-state index < -0.39 is 16.4 Å². The summed E-state index contributed by atoms with van der Waals surface area (Å²) in [6.07, 6.45) is 0.837. The monoisotopic (exact) mass is 359 g/mol. The molecule has 1 rings (SSSR count). The van der Waals surface area contributed by atoms with Gasteiger partial charge in [-0.3, -0.25) is 14.9 Å². The molecule has 0 radical (unpaired) electrons. The van der Waals surface area contributed by atoms with Gasteiger partial charge in [0.2, 0.25) is 5.91 Å². The van der Waals surface area contributed by atoms with Crippen molar-refractivity contribution in [2.75, 3.05) is 13.2 Å². The van der Waals surface area contributed by atoms with Crippen molar-refractivity contribution in [1.29, 1.82) is 0 Å². The second-order valence-electron chi connectivity index (χ2n) is 4.76. The molecule has 7 nitrogen and oxygen atoms in total. The summed E-state index contributed by atoms with van der Waals surface area (Å²) in [5.74, 6) is -0.257. The van der Waals surface area contributed by atoms with Crippen molar-refractivity contribution in [3.05, 3.63) is 32.8 Å². The van der Waals surface area contributed by atoms with E-state index in [1.165, 1.54) is 12.1 Å². The molecular formula is C13H18BrN3O4. The molecule has 116 valence electrons. The molecular weight excluding hydrogens is 342 g/mol. The summed E-state index contributed by atoms with van der Waals surface area (Å²) >= 11 is 3.14. The topological polar surface area (TPSA) is 107 Å². The molecule has 0 heterocycles. The SMILES string of the molecule is CCCNC(C)(COc1cccc([N+](=O)[O-])c1Br)C(N)=O. The summed E-state index contributed by atoms with van der Waals surface area (Å²) in [4.78, 5) is 21.9. The number of carbonyl (C=O) groups excluding carboxylic acids is 1. The van der Waals surface area contributed by atoms with Crippen LogP contribution in [0.5, 0.6) is 5.75 Å². The van der Waals surface area contributed by atoms with E-state index in [4.69, 9.17) is 10.5 Å². The van der Waals surface area contributed by atoms with E-state index in [0.717, 1.165) is 6.42 Å². The zero-order valence-corrected chi connectivity index (χ0v) is 13.5. The van der Waals surface area contributed by atoms with E-state index in [9.17, 15) is 14.9 Å². The Labute approximate surface area is 131 Å². The highest BCUT2D eigenvalue weighted by atomic mass is 79.9. The number of ether oxygens (including phenoxy) is 1. The van der Waals surface area contributed by atoms with Crippen LogP contribution < -0.4 is 15.8 Å². The molecule has 0 bridgehead atoms. The van der Waals surface area contributed by atoms with Gasteiger partial charge in [-0.05, 0) is 41.9 Å². The molecule has 0 fully saturated rings. The molecule has 1 unspecified atom stereocenters. The predicted molar refractivity (Wildman–Crippen MR) is 82.2 cm³/mol. The van der Waals surface area contributed by atoms with Crippen LogP contribution in [0.1, 0.15) is 20.3 Å². The third kappa shape index (κ3) is 4.40. The van der Waals surface area contributed by atoms with E-state index in [1.807, 2.05) is 6.92 Å². The van der Waals surface area contributed by atoms with E-state index in [1.54, 1.807) is 13.0 Å². The van der Waals surface area contributed by atoms with Gasteiger partial charge in [-0.1, -0.05) is 13.0 Å². The Bertz CT molecular complexity index is 538. The van der Waals surface area contributed by atoms with Crippen LogP contribution in [-0.4, -0.2) is 29.5 Å². The number of primary amides is 1. The fraction of sp³-hybridized carbons (Fsp3) is 0.462. The molecule has 0 aliphatic carbocycles. The number of nitrogens with one attached hydrogen (secondary N) is 1. The first-order valence-corrected chi connectivity index (χ1v) is 7.21. The number of hydrogen-bond donors (Lipinski definition) is 2. The molecule has 1 aromatic rings. The number of rotatable bonds is 8. The Morgan fingerprint density at radius 2 is 2.24 bits per heavy atom. The quantitative estimate of drug-likeness (QED) is 0.544. The van der Waals surface area contributed by atoms with Gasteiger partial charge in [0, 0.05) is 6.07 Å². The first-order valence-electron chi connectivity index (χ1n) is 6.42. The number of nitro benzene ring substituents is 1. The summed E-state index contributed by atoms with van der Waals surface area (Å²) in [5, 5.41) is 13.9. The lowest BCUT2D eigenvalue weighted by Gasteiger charge is -2.27. The molecule has 0 aliphatic rings. The minimum atomic E-state index is -1.04. The van der Waals surface area contributed by atoms with Crippen LogP contribution in [0.2, 0.25) is 0 Å². The van der Waals surface area contributed by atoms with Crippen LogP contribution in [0.25, 0.3) is 0 Å². The van der Waals surface area contributed by atoms with Gasteiger partial charge in [-0.25, -0.2) is 0 Å². The highest BCUT2D eigenvalue weighted by Gasteiger charge is 2.32. The van der Waals surface area contributed by atoms with Gasteiger partial charge < -0.3 is 15.8 Å². The largest absolute Gasteiger partial charge is 0.490 e. The van der Waals surface area contributed by atoms with Crippen molar-refractivity contribution in [3.63, 3.8) is 0 Å². The molecule has 1 atom stereocenters. The maximum absolute atomic E-state index is 11.6. The summed E-state index contributed by atoms with van der Waals surface area (Å²) in [5.41, 5.74) is 4.25. The van der Waals surface area contributed by atoms with Crippen LogP contribution >= 0.6 is 15.9 Å². The minimum Gasteiger partial charge on any atom is -0.490 e. The number of hydrogen-bond acceptors (Lipinski definition) is 5. The second-order valence-corrected chi connectivity index (χ2v) is 5.55. The highest BCUT2D eigenvalue weighted by molar-refractivity contribution is 9.10. The van der Waals surface area contributed by atoms with Crippen LogP contribution in [-0.2, 0) is 4.79 Å². The number of nitrogens with zero attached hydrogens (tertiary/aromatic N) is 1. The van der Waals surface area contributed by atoms with Gasteiger partial charge >= 0.3 is 0 Å². The van der Waals surface area contributed by atoms with E-state index >= 15 is 0 Å². The standard InChI is InChI=1S/C13H18BrN3O4/c1-3-7-16-13(2,12(15)18)8-21-10-6-4-5-9(11(10)14)17(19)20/h4-6,16H,3,7-8H2,1-2H3,(H2,15,18). The lowest BCUT2D eigenvalue weighted by Crippen LogP contribution is -2.57. The predicted octanol–water partition coefficient (Wildman–Crippen LogP) is 1.98. The molecule has 0 aromatic heterocycles. The zero-order valence-electron chi connectivity index (χ0n) is 11.9. The maximum atomic E-state index is 11.6. The Morgan fingerprint density at radius 3 is 2.76 bits per heavy atom. The lowest BCUT2D eigenvalue weighted by molar-refractivity contribution is -0.385. The van der Waals surface area contributed by atoms with Gasteiger partial charge in [0.15, 0.2) is 0 Å². The number of carbonyl (C=O) groups is 1. The van der Waals surface area contributed by atoms with Gasteiger partial charge in [0.05, 0.1) is 4.92 Å². The van der Waals surface area contributed by atoms with Crippen LogP contribution in [0.3, 0.4) is 0 Å². The first kappa shape index (κ1) is 17.4. The molecule has 1 amide bonds. The molecule has 0 spiro atoms. The van der Waals surface area contributed by atoms with E-state index in [0.29, 0.717) is 6.54 Å². The number of benzene rings is 1. The highest BCUT2D eigenvalue weighted by Crippen LogP contribution is 2.34. The third-order valence-electron chi connectivity index (χ3n) is 2.96. The van der Waals surface area contributed by atoms with Crippen molar-refractivity contribution in [3.8, 4) is 5.75 Å². The van der Waals surface area contributed by atoms with Gasteiger partial charge in [0.1, 0.15) is 22.4 Å². The third-order valence-corrected chi connectivity index (χ3v) is 3.76. The van der Waals surface area contributed by atoms with Gasteiger partial charge in [-0.2, -0.15) is 0 Å². The van der Waals surface area contributed by atoms with Crippen molar-refractivity contribution in [2.24, 2.45) is 5.73 Å². The summed E-state index contributed by atoms with van der Waals surface area (Å²) in [7, 11) is 0. The molecule has 21 heavy (non-hydrogen) atoms. The van der Waals surface area contributed by atoms with Gasteiger partial charge in [-0.15, -0.1) is 0 Å². The molecule has 8 heteroatoms. The average molecular weight is 360 g/mol. The van der Waals surface area contributed by atoms with E-state index in [-0.39, 0.29) is 22.5 Å². The second kappa shape index (κ2) is 7.37. The Hall–Kier alpha value is -1.67. The van der Waals surface area contributed by atoms with Crippen molar-refractivity contribution >= 4 is 27.5 Å². The lowest BCUT2D eigenvalue weighted by atomic mass is 10.0. The summed E-state index contributed by atoms with van der Waals surface area (Å²) in [6.45, 7) is 4.18. The molecule has 3 N–H and O–H groups in total. The van der Waals surface area contributed by atoms with Crippen molar-refractivity contribution in [2.45, 2.75) is 25.8 Å². The maximum Gasteiger partial charge on any atom is 0.287 e. The number of halogens is 1. The average Bonchev–Trinajstić information content (AvgIpc) is 2.43. The van der Waals surface area contributed by atoms with Crippen LogP contribution in [0.15, 0.2) is 22.7 Å². The summed E-state index contributed by atoms with van der Waals surface area (Å²) in [6, 6.07) is 4.46. The smallest absolute Gasteiger partial charge is 0.287 e. The minimum absolute atomic E-state index is 0.0257. The number of nitrogens with two attached hydrogens (primary N) is 1. The van der Waals surface area contributed by atoms with Gasteiger partial charge in [0.25, 0.3) is 5.69 Å². The summed E-state index contributed by atoms with van der Waals surface area (Å²) < 4.78 is 5.77. The van der Waals surface area contributed by atoms with Crippen molar-refractivity contribution < 1.29 is 14.5 Å². The molecule has 0 saturated carbocycles. The molecule has 0 saturated heterocycles. The normalized spacial score (nSPS) is 13.5. The van der Waals surface area contributed by atoms with Crippen LogP contribution in [0, 0.1) is 10.1 Å². The van der Waals surface area contributed by atoms with E-state index in [2.05, 4.69) is 21.2 Å². The molecule has 0 aliphatic heterocycles.